The first-order valence-corrected chi connectivity index (χ1v) is 9.45. The molecular formula is C21H27N3O. The van der Waals surface area contributed by atoms with Crippen LogP contribution < -0.4 is 0 Å². The highest BCUT2D eigenvalue weighted by Gasteiger charge is 2.36. The Morgan fingerprint density at radius 3 is 2.76 bits per heavy atom. The third-order valence-electron chi connectivity index (χ3n) is 5.39. The van der Waals surface area contributed by atoms with Crippen molar-refractivity contribution in [2.75, 3.05) is 6.54 Å². The second kappa shape index (κ2) is 6.66. The summed E-state index contributed by atoms with van der Waals surface area (Å²) in [5, 5.41) is 0. The highest BCUT2D eigenvalue weighted by molar-refractivity contribution is 5.81. The van der Waals surface area contributed by atoms with Crippen molar-refractivity contribution in [3.05, 3.63) is 53.1 Å². The Labute approximate surface area is 149 Å². The summed E-state index contributed by atoms with van der Waals surface area (Å²) in [7, 11) is 0. The third kappa shape index (κ3) is 3.94. The second-order valence-electron chi connectivity index (χ2n) is 7.84. The first-order valence-electron chi connectivity index (χ1n) is 9.45. The van der Waals surface area contributed by atoms with E-state index in [1.54, 1.807) is 0 Å². The molecule has 4 heteroatoms. The number of hydrogen-bond acceptors (Lipinski definition) is 2. The largest absolute Gasteiger partial charge is 0.335 e. The van der Waals surface area contributed by atoms with Crippen LogP contribution in [0.15, 0.2) is 30.6 Å². The van der Waals surface area contributed by atoms with E-state index < -0.39 is 0 Å². The molecule has 1 heterocycles. The van der Waals surface area contributed by atoms with Crippen LogP contribution in [0.3, 0.4) is 0 Å². The van der Waals surface area contributed by atoms with Gasteiger partial charge in [-0.05, 0) is 56.6 Å². The third-order valence-corrected chi connectivity index (χ3v) is 5.39. The molecule has 2 fully saturated rings. The lowest BCUT2D eigenvalue weighted by Gasteiger charge is -2.23. The first-order chi connectivity index (χ1) is 12.1. The first kappa shape index (κ1) is 16.4. The molecule has 1 aromatic heterocycles. The van der Waals surface area contributed by atoms with Crippen molar-refractivity contribution in [1.82, 2.24) is 14.5 Å². The maximum absolute atomic E-state index is 12.7. The number of aryl methyl sites for hydroxylation is 2. The molecule has 0 spiro atoms. The lowest BCUT2D eigenvalue weighted by atomic mass is 10.1. The summed E-state index contributed by atoms with van der Waals surface area (Å²) < 4.78 is 2.20. The molecule has 2 saturated carbocycles. The lowest BCUT2D eigenvalue weighted by Crippen LogP contribution is -2.34. The summed E-state index contributed by atoms with van der Waals surface area (Å²) in [5.41, 5.74) is 3.90. The molecule has 0 saturated heterocycles. The standard InChI is InChI=1S/C21H27N3O/c1-15-3-4-16(2)19(11-15)13-23-10-9-22-20(23)14-24(12-17-5-6-17)21(25)18-7-8-18/h3-4,9-11,17-18H,5-8,12-14H2,1-2H3. The Morgan fingerprint density at radius 1 is 1.24 bits per heavy atom. The summed E-state index contributed by atoms with van der Waals surface area (Å²) >= 11 is 0. The topological polar surface area (TPSA) is 38.1 Å². The Bertz CT molecular complexity index is 771. The fourth-order valence-electron chi connectivity index (χ4n) is 3.39. The average Bonchev–Trinajstić information content (AvgIpc) is 3.50. The van der Waals surface area contributed by atoms with Gasteiger partial charge in [0.25, 0.3) is 0 Å². The zero-order valence-electron chi connectivity index (χ0n) is 15.2. The minimum Gasteiger partial charge on any atom is -0.335 e. The maximum Gasteiger partial charge on any atom is 0.226 e. The minimum atomic E-state index is 0.279. The highest BCUT2D eigenvalue weighted by Crippen LogP contribution is 2.35. The Hall–Kier alpha value is -2.10. The number of imidazole rings is 1. The predicted octanol–water partition coefficient (Wildman–Crippen LogP) is 3.70. The van der Waals surface area contributed by atoms with Crippen LogP contribution in [0.4, 0.5) is 0 Å². The molecule has 0 radical (unpaired) electrons. The normalized spacial score (nSPS) is 16.9. The quantitative estimate of drug-likeness (QED) is 0.773. The van der Waals surface area contributed by atoms with Crippen molar-refractivity contribution >= 4 is 5.91 Å². The summed E-state index contributed by atoms with van der Waals surface area (Å²) in [5.74, 6) is 2.33. The molecule has 1 amide bonds. The van der Waals surface area contributed by atoms with Gasteiger partial charge >= 0.3 is 0 Å². The van der Waals surface area contributed by atoms with E-state index in [0.29, 0.717) is 18.4 Å². The number of nitrogens with zero attached hydrogens (tertiary/aromatic N) is 3. The molecule has 1 aromatic carbocycles. The van der Waals surface area contributed by atoms with Crippen LogP contribution in [0.5, 0.6) is 0 Å². The molecule has 132 valence electrons. The molecule has 25 heavy (non-hydrogen) atoms. The smallest absolute Gasteiger partial charge is 0.226 e. The number of benzene rings is 1. The Kier molecular flexibility index (Phi) is 4.36. The van der Waals surface area contributed by atoms with Gasteiger partial charge in [0.1, 0.15) is 5.82 Å². The van der Waals surface area contributed by atoms with Crippen molar-refractivity contribution in [3.8, 4) is 0 Å². The van der Waals surface area contributed by atoms with Crippen molar-refractivity contribution in [3.63, 3.8) is 0 Å². The number of aromatic nitrogens is 2. The number of carbonyl (C=O) groups excluding carboxylic acids is 1. The van der Waals surface area contributed by atoms with Crippen LogP contribution in [-0.2, 0) is 17.9 Å². The summed E-state index contributed by atoms with van der Waals surface area (Å²) in [6.07, 6.45) is 8.57. The molecule has 4 nitrogen and oxygen atoms in total. The van der Waals surface area contributed by atoms with E-state index in [0.717, 1.165) is 31.8 Å². The van der Waals surface area contributed by atoms with Gasteiger partial charge in [-0.1, -0.05) is 23.8 Å². The van der Waals surface area contributed by atoms with Crippen LogP contribution >= 0.6 is 0 Å². The van der Waals surface area contributed by atoms with E-state index in [1.165, 1.54) is 29.5 Å². The zero-order chi connectivity index (χ0) is 17.4. The zero-order valence-corrected chi connectivity index (χ0v) is 15.2. The average molecular weight is 337 g/mol. The lowest BCUT2D eigenvalue weighted by molar-refractivity contribution is -0.133. The molecule has 0 aliphatic heterocycles. The molecule has 2 aliphatic carbocycles. The van der Waals surface area contributed by atoms with Crippen molar-refractivity contribution in [2.24, 2.45) is 11.8 Å². The van der Waals surface area contributed by atoms with Gasteiger partial charge in [-0.3, -0.25) is 4.79 Å². The molecule has 0 unspecified atom stereocenters. The predicted molar refractivity (Wildman–Crippen MR) is 98.1 cm³/mol. The van der Waals surface area contributed by atoms with Gasteiger partial charge in [0.05, 0.1) is 6.54 Å². The van der Waals surface area contributed by atoms with E-state index in [2.05, 4.69) is 46.5 Å². The maximum atomic E-state index is 12.7. The van der Waals surface area contributed by atoms with E-state index in [9.17, 15) is 4.79 Å². The van der Waals surface area contributed by atoms with Crippen LogP contribution in [0.25, 0.3) is 0 Å². The van der Waals surface area contributed by atoms with Gasteiger partial charge in [0, 0.05) is 31.4 Å². The second-order valence-corrected chi connectivity index (χ2v) is 7.84. The van der Waals surface area contributed by atoms with Crippen LogP contribution in [0.2, 0.25) is 0 Å². The fraction of sp³-hybridized carbons (Fsp3) is 0.524. The molecule has 4 rings (SSSR count). The van der Waals surface area contributed by atoms with Crippen LogP contribution in [0.1, 0.15) is 48.2 Å². The van der Waals surface area contributed by atoms with E-state index in [1.807, 2.05) is 12.4 Å². The summed E-state index contributed by atoms with van der Waals surface area (Å²) in [6, 6.07) is 6.58. The van der Waals surface area contributed by atoms with Gasteiger partial charge in [-0.2, -0.15) is 0 Å². The molecule has 2 aliphatic rings. The van der Waals surface area contributed by atoms with Gasteiger partial charge < -0.3 is 9.47 Å². The number of carbonyl (C=O) groups is 1. The number of hydrogen-bond donors (Lipinski definition) is 0. The molecule has 2 aromatic rings. The monoisotopic (exact) mass is 337 g/mol. The van der Waals surface area contributed by atoms with Gasteiger partial charge in [-0.15, -0.1) is 0 Å². The number of rotatable bonds is 7. The molecular weight excluding hydrogens is 310 g/mol. The Morgan fingerprint density at radius 2 is 2.04 bits per heavy atom. The van der Waals surface area contributed by atoms with Gasteiger partial charge in [0.15, 0.2) is 0 Å². The molecule has 0 atom stereocenters. The van der Waals surface area contributed by atoms with Crippen LogP contribution in [-0.4, -0.2) is 26.9 Å². The fourth-order valence-corrected chi connectivity index (χ4v) is 3.39. The van der Waals surface area contributed by atoms with Crippen LogP contribution in [0, 0.1) is 25.7 Å². The summed E-state index contributed by atoms with van der Waals surface area (Å²) in [6.45, 7) is 6.65. The van der Waals surface area contributed by atoms with E-state index in [4.69, 9.17) is 0 Å². The Balaban J connectivity index is 1.51. The van der Waals surface area contributed by atoms with Gasteiger partial charge in [-0.25, -0.2) is 4.98 Å². The number of amides is 1. The van der Waals surface area contributed by atoms with Gasteiger partial charge in [0.2, 0.25) is 5.91 Å². The SMILES string of the molecule is Cc1ccc(C)c(Cn2ccnc2CN(CC2CC2)C(=O)C2CC2)c1. The minimum absolute atomic E-state index is 0.279. The molecule has 0 N–H and O–H groups in total. The van der Waals surface area contributed by atoms with Crippen molar-refractivity contribution < 1.29 is 4.79 Å². The summed E-state index contributed by atoms with van der Waals surface area (Å²) in [4.78, 5) is 19.3. The van der Waals surface area contributed by atoms with E-state index >= 15 is 0 Å². The van der Waals surface area contributed by atoms with Crippen molar-refractivity contribution in [2.45, 2.75) is 52.6 Å². The van der Waals surface area contributed by atoms with E-state index in [-0.39, 0.29) is 5.92 Å². The highest BCUT2D eigenvalue weighted by atomic mass is 16.2. The molecule has 0 bridgehead atoms. The van der Waals surface area contributed by atoms with Crippen molar-refractivity contribution in [1.29, 1.82) is 0 Å².